The summed E-state index contributed by atoms with van der Waals surface area (Å²) < 4.78 is 0. The quantitative estimate of drug-likeness (QED) is 0.792. The lowest BCUT2D eigenvalue weighted by Gasteiger charge is -2.12. The van der Waals surface area contributed by atoms with Gasteiger partial charge in [-0.05, 0) is 32.6 Å². The van der Waals surface area contributed by atoms with E-state index in [9.17, 15) is 4.79 Å². The van der Waals surface area contributed by atoms with Gasteiger partial charge in [0.1, 0.15) is 12.1 Å². The highest BCUT2D eigenvalue weighted by molar-refractivity contribution is 5.76. The molecule has 0 spiro atoms. The van der Waals surface area contributed by atoms with E-state index in [1.165, 1.54) is 30.5 Å². The Morgan fingerprint density at radius 3 is 2.95 bits per heavy atom. The molecular formula is C14H22N4O. The second-order valence-corrected chi connectivity index (χ2v) is 4.84. The van der Waals surface area contributed by atoms with Crippen LogP contribution in [0.15, 0.2) is 6.33 Å². The highest BCUT2D eigenvalue weighted by Gasteiger charge is 2.14. The molecule has 0 aliphatic heterocycles. The third-order valence-electron chi connectivity index (χ3n) is 3.39. The molecule has 1 aromatic rings. The lowest BCUT2D eigenvalue weighted by Crippen LogP contribution is -2.25. The van der Waals surface area contributed by atoms with Gasteiger partial charge in [-0.1, -0.05) is 6.42 Å². The number of aromatic nitrogens is 2. The molecule has 2 rings (SSSR count). The second-order valence-electron chi connectivity index (χ2n) is 4.84. The summed E-state index contributed by atoms with van der Waals surface area (Å²) in [5.41, 5.74) is 2.42. The van der Waals surface area contributed by atoms with E-state index in [4.69, 9.17) is 0 Å². The standard InChI is InChI=1S/C14H22N4O/c1-2-15-13(19)8-9-16-14-11-6-4-3-5-7-12(11)17-10-18-14/h10H,2-9H2,1H3,(H,15,19)(H,16,17,18). The van der Waals surface area contributed by atoms with Crippen LogP contribution in [0, 0.1) is 0 Å². The van der Waals surface area contributed by atoms with Gasteiger partial charge in [-0.25, -0.2) is 9.97 Å². The molecule has 0 aromatic carbocycles. The van der Waals surface area contributed by atoms with Crippen molar-refractivity contribution in [2.75, 3.05) is 18.4 Å². The lowest BCUT2D eigenvalue weighted by molar-refractivity contribution is -0.120. The van der Waals surface area contributed by atoms with Crippen molar-refractivity contribution in [3.8, 4) is 0 Å². The highest BCUT2D eigenvalue weighted by Crippen LogP contribution is 2.23. The van der Waals surface area contributed by atoms with Crippen molar-refractivity contribution in [2.24, 2.45) is 0 Å². The number of hydrogen-bond donors (Lipinski definition) is 2. The Balaban J connectivity index is 1.95. The minimum atomic E-state index is 0.0788. The van der Waals surface area contributed by atoms with E-state index < -0.39 is 0 Å². The minimum Gasteiger partial charge on any atom is -0.369 e. The number of fused-ring (bicyclic) bond motifs is 1. The summed E-state index contributed by atoms with van der Waals surface area (Å²) in [5, 5.41) is 6.07. The maximum Gasteiger partial charge on any atom is 0.221 e. The van der Waals surface area contributed by atoms with E-state index in [-0.39, 0.29) is 5.91 Å². The van der Waals surface area contributed by atoms with Gasteiger partial charge < -0.3 is 10.6 Å². The van der Waals surface area contributed by atoms with Gasteiger partial charge in [0.05, 0.1) is 0 Å². The predicted octanol–water partition coefficient (Wildman–Crippen LogP) is 1.68. The SMILES string of the molecule is CCNC(=O)CCNc1ncnc2c1CCCCC2. The fraction of sp³-hybridized carbons (Fsp3) is 0.643. The Kier molecular flexibility index (Phi) is 5.12. The van der Waals surface area contributed by atoms with Crippen molar-refractivity contribution < 1.29 is 4.79 Å². The molecule has 0 atom stereocenters. The van der Waals surface area contributed by atoms with Crippen LogP contribution in [-0.4, -0.2) is 29.0 Å². The molecule has 2 N–H and O–H groups in total. The second kappa shape index (κ2) is 7.07. The number of nitrogens with one attached hydrogen (secondary N) is 2. The van der Waals surface area contributed by atoms with Gasteiger partial charge in [0.25, 0.3) is 0 Å². The lowest BCUT2D eigenvalue weighted by atomic mass is 10.1. The summed E-state index contributed by atoms with van der Waals surface area (Å²) in [4.78, 5) is 20.1. The number of rotatable bonds is 5. The van der Waals surface area contributed by atoms with Gasteiger partial charge in [0.15, 0.2) is 0 Å². The fourth-order valence-electron chi connectivity index (χ4n) is 2.43. The molecule has 0 radical (unpaired) electrons. The van der Waals surface area contributed by atoms with Gasteiger partial charge in [-0.3, -0.25) is 4.79 Å². The van der Waals surface area contributed by atoms with Crippen LogP contribution in [-0.2, 0) is 17.6 Å². The molecule has 0 saturated heterocycles. The summed E-state index contributed by atoms with van der Waals surface area (Å²) in [7, 11) is 0. The smallest absolute Gasteiger partial charge is 0.221 e. The Bertz CT molecular complexity index is 433. The first-order valence-corrected chi connectivity index (χ1v) is 7.14. The minimum absolute atomic E-state index is 0.0788. The summed E-state index contributed by atoms with van der Waals surface area (Å²) in [6.07, 6.45) is 7.86. The van der Waals surface area contributed by atoms with Crippen LogP contribution in [0.3, 0.4) is 0 Å². The first-order valence-electron chi connectivity index (χ1n) is 7.14. The Hall–Kier alpha value is -1.65. The predicted molar refractivity (Wildman–Crippen MR) is 75.1 cm³/mol. The first-order chi connectivity index (χ1) is 9.31. The van der Waals surface area contributed by atoms with Crippen LogP contribution < -0.4 is 10.6 Å². The maximum absolute atomic E-state index is 11.4. The third-order valence-corrected chi connectivity index (χ3v) is 3.39. The molecule has 1 heterocycles. The fourth-order valence-corrected chi connectivity index (χ4v) is 2.43. The molecular weight excluding hydrogens is 240 g/mol. The number of carbonyl (C=O) groups is 1. The van der Waals surface area contributed by atoms with Crippen molar-refractivity contribution in [1.82, 2.24) is 15.3 Å². The zero-order valence-corrected chi connectivity index (χ0v) is 11.5. The summed E-state index contributed by atoms with van der Waals surface area (Å²) >= 11 is 0. The third kappa shape index (κ3) is 3.91. The van der Waals surface area contributed by atoms with Gasteiger partial charge in [-0.15, -0.1) is 0 Å². The van der Waals surface area contributed by atoms with Crippen LogP contribution >= 0.6 is 0 Å². The average molecular weight is 262 g/mol. The van der Waals surface area contributed by atoms with E-state index in [1.54, 1.807) is 6.33 Å². The first kappa shape index (κ1) is 13.8. The Labute approximate surface area is 114 Å². The number of carbonyl (C=O) groups excluding carboxylic acids is 1. The zero-order valence-electron chi connectivity index (χ0n) is 11.5. The highest BCUT2D eigenvalue weighted by atomic mass is 16.1. The molecule has 0 fully saturated rings. The molecule has 104 valence electrons. The van der Waals surface area contributed by atoms with E-state index in [0.717, 1.165) is 18.7 Å². The van der Waals surface area contributed by atoms with Crippen molar-refractivity contribution >= 4 is 11.7 Å². The Morgan fingerprint density at radius 2 is 2.11 bits per heavy atom. The molecule has 5 nitrogen and oxygen atoms in total. The number of anilines is 1. The van der Waals surface area contributed by atoms with Gasteiger partial charge in [0.2, 0.25) is 5.91 Å². The van der Waals surface area contributed by atoms with Crippen molar-refractivity contribution in [3.63, 3.8) is 0 Å². The summed E-state index contributed by atoms with van der Waals surface area (Å²) in [6.45, 7) is 3.23. The average Bonchev–Trinajstić information content (AvgIpc) is 2.65. The van der Waals surface area contributed by atoms with Crippen LogP contribution in [0.4, 0.5) is 5.82 Å². The number of amides is 1. The van der Waals surface area contributed by atoms with Crippen LogP contribution in [0.1, 0.15) is 43.9 Å². The van der Waals surface area contributed by atoms with E-state index in [2.05, 4.69) is 20.6 Å². The summed E-state index contributed by atoms with van der Waals surface area (Å²) in [5.74, 6) is 0.992. The number of nitrogens with zero attached hydrogens (tertiary/aromatic N) is 2. The molecule has 1 aromatic heterocycles. The molecule has 1 aliphatic rings. The van der Waals surface area contributed by atoms with Crippen molar-refractivity contribution in [2.45, 2.75) is 45.4 Å². The van der Waals surface area contributed by atoms with Gasteiger partial charge in [-0.2, -0.15) is 0 Å². The topological polar surface area (TPSA) is 66.9 Å². The molecule has 0 saturated carbocycles. The van der Waals surface area contributed by atoms with E-state index in [0.29, 0.717) is 19.5 Å². The maximum atomic E-state index is 11.4. The van der Waals surface area contributed by atoms with Crippen LogP contribution in [0.2, 0.25) is 0 Å². The monoisotopic (exact) mass is 262 g/mol. The normalized spacial score (nSPS) is 14.4. The number of aryl methyl sites for hydroxylation is 1. The summed E-state index contributed by atoms with van der Waals surface area (Å²) in [6, 6.07) is 0. The zero-order chi connectivity index (χ0) is 13.5. The molecule has 5 heteroatoms. The molecule has 1 amide bonds. The van der Waals surface area contributed by atoms with Crippen LogP contribution in [0.25, 0.3) is 0 Å². The Morgan fingerprint density at radius 1 is 1.26 bits per heavy atom. The van der Waals surface area contributed by atoms with Crippen molar-refractivity contribution in [1.29, 1.82) is 0 Å². The van der Waals surface area contributed by atoms with Gasteiger partial charge >= 0.3 is 0 Å². The van der Waals surface area contributed by atoms with Crippen molar-refractivity contribution in [3.05, 3.63) is 17.6 Å². The number of hydrogen-bond acceptors (Lipinski definition) is 4. The van der Waals surface area contributed by atoms with E-state index >= 15 is 0 Å². The van der Waals surface area contributed by atoms with E-state index in [1.807, 2.05) is 6.92 Å². The largest absolute Gasteiger partial charge is 0.369 e. The van der Waals surface area contributed by atoms with Gasteiger partial charge in [0, 0.05) is 30.8 Å². The molecule has 0 bridgehead atoms. The molecule has 1 aliphatic carbocycles. The molecule has 0 unspecified atom stereocenters. The molecule has 19 heavy (non-hydrogen) atoms. The van der Waals surface area contributed by atoms with Crippen LogP contribution in [0.5, 0.6) is 0 Å².